The first-order chi connectivity index (χ1) is 18.4. The van der Waals surface area contributed by atoms with Gasteiger partial charge < -0.3 is 15.1 Å². The van der Waals surface area contributed by atoms with E-state index in [9.17, 15) is 23.9 Å². The lowest BCUT2D eigenvalue weighted by Gasteiger charge is -2.38. The van der Waals surface area contributed by atoms with Gasteiger partial charge in [-0.3, -0.25) is 14.7 Å². The number of aliphatic carboxylic acids is 1. The Bertz CT molecular complexity index is 1320. The van der Waals surface area contributed by atoms with Crippen molar-refractivity contribution in [2.75, 3.05) is 26.7 Å². The second-order valence-electron chi connectivity index (χ2n) is 9.64. The van der Waals surface area contributed by atoms with Crippen LogP contribution in [0.1, 0.15) is 42.9 Å². The number of nitrogens with one attached hydrogen (secondary N) is 1. The fraction of sp³-hybridized carbons (Fsp3) is 0.379. The van der Waals surface area contributed by atoms with E-state index >= 15 is 0 Å². The van der Waals surface area contributed by atoms with Crippen LogP contribution in [0.5, 0.6) is 5.75 Å². The number of fused-ring (bicyclic) bond motifs is 1. The molecule has 0 saturated carbocycles. The van der Waals surface area contributed by atoms with Gasteiger partial charge in [0, 0.05) is 36.2 Å². The van der Waals surface area contributed by atoms with Gasteiger partial charge in [0.1, 0.15) is 17.4 Å². The Balaban J connectivity index is 1.42. The van der Waals surface area contributed by atoms with Gasteiger partial charge in [-0.15, -0.1) is 0 Å². The molecule has 0 amide bonds. The highest BCUT2D eigenvalue weighted by atomic mass is 19.1. The second-order valence-corrected chi connectivity index (χ2v) is 9.64. The minimum absolute atomic E-state index is 0.0380. The predicted molar refractivity (Wildman–Crippen MR) is 139 cm³/mol. The number of hydrogen-bond donors (Lipinski definition) is 3. The number of pyridine rings is 1. The van der Waals surface area contributed by atoms with Crippen molar-refractivity contribution in [3.8, 4) is 17.6 Å². The van der Waals surface area contributed by atoms with Crippen molar-refractivity contribution < 1.29 is 28.6 Å². The first kappa shape index (κ1) is 27.5. The van der Waals surface area contributed by atoms with Crippen molar-refractivity contribution in [2.45, 2.75) is 31.7 Å². The predicted octanol–water partition coefficient (Wildman–Crippen LogP) is 4.79. The average Bonchev–Trinajstić information content (AvgIpc) is 2.89. The summed E-state index contributed by atoms with van der Waals surface area (Å²) in [6.45, 7) is 1.68. The summed E-state index contributed by atoms with van der Waals surface area (Å²) in [5.74, 6) is 4.32. The topological polar surface area (TPSA) is 94.9 Å². The third-order valence-corrected chi connectivity index (χ3v) is 7.15. The molecule has 0 radical (unpaired) electrons. The van der Waals surface area contributed by atoms with Crippen LogP contribution < -0.4 is 10.2 Å². The summed E-state index contributed by atoms with van der Waals surface area (Å²) in [6.07, 6.45) is 3.87. The number of carboxylic acids is 1. The molecule has 1 aliphatic rings. The van der Waals surface area contributed by atoms with Crippen molar-refractivity contribution in [3.63, 3.8) is 0 Å². The number of rotatable bonds is 9. The molecule has 1 saturated heterocycles. The monoisotopic (exact) mass is 523 g/mol. The first-order valence-corrected chi connectivity index (χ1v) is 12.6. The molecule has 4 rings (SSSR count). The number of carboxylic acid groups (broad SMARTS) is 1. The lowest BCUT2D eigenvalue weighted by molar-refractivity contribution is -0.139. The molecule has 1 fully saturated rings. The summed E-state index contributed by atoms with van der Waals surface area (Å²) in [6, 6.07) is 10.3. The minimum Gasteiger partial charge on any atom is -0.497 e. The summed E-state index contributed by atoms with van der Waals surface area (Å²) in [7, 11) is 1.60. The van der Waals surface area contributed by atoms with E-state index in [2.05, 4.69) is 27.2 Å². The van der Waals surface area contributed by atoms with Gasteiger partial charge in [-0.1, -0.05) is 11.8 Å². The Kier molecular flexibility index (Phi) is 9.24. The summed E-state index contributed by atoms with van der Waals surface area (Å²) in [5, 5.41) is 20.4. The quantitative estimate of drug-likeness (QED) is 0.274. The largest absolute Gasteiger partial charge is 0.497 e. The van der Waals surface area contributed by atoms with E-state index in [-0.39, 0.29) is 29.9 Å². The molecule has 0 bridgehead atoms. The molecule has 3 aromatic rings. The highest BCUT2D eigenvalue weighted by Crippen LogP contribution is 2.34. The first-order valence-electron chi connectivity index (χ1n) is 12.6. The SMILES string of the molecule is COc1ccc2nccc([C@@H](CC[C@@H]3CCN(CC#Cc4cc(F)cc(F)c4)C[C@@H]3CC(=O)O)NO)c2c1. The molecular weight excluding hydrogens is 492 g/mol. The Morgan fingerprint density at radius 3 is 2.71 bits per heavy atom. The Morgan fingerprint density at radius 2 is 2.00 bits per heavy atom. The summed E-state index contributed by atoms with van der Waals surface area (Å²) >= 11 is 0. The van der Waals surface area contributed by atoms with Gasteiger partial charge >= 0.3 is 5.97 Å². The van der Waals surface area contributed by atoms with E-state index in [1.807, 2.05) is 24.3 Å². The Morgan fingerprint density at radius 1 is 1.21 bits per heavy atom. The summed E-state index contributed by atoms with van der Waals surface area (Å²) in [5.41, 5.74) is 4.39. The maximum atomic E-state index is 13.4. The van der Waals surface area contributed by atoms with Crippen molar-refractivity contribution in [2.24, 2.45) is 11.8 Å². The summed E-state index contributed by atoms with van der Waals surface area (Å²) < 4.78 is 32.2. The van der Waals surface area contributed by atoms with E-state index in [0.29, 0.717) is 25.3 Å². The van der Waals surface area contributed by atoms with Crippen LogP contribution in [0.25, 0.3) is 10.9 Å². The van der Waals surface area contributed by atoms with Crippen LogP contribution in [-0.2, 0) is 4.79 Å². The number of hydrogen-bond acceptors (Lipinski definition) is 6. The molecule has 2 heterocycles. The van der Waals surface area contributed by atoms with E-state index < -0.39 is 17.6 Å². The van der Waals surface area contributed by atoms with Crippen LogP contribution in [0.4, 0.5) is 8.78 Å². The molecule has 2 aromatic carbocycles. The molecule has 0 unspecified atom stereocenters. The van der Waals surface area contributed by atoms with E-state index in [0.717, 1.165) is 41.9 Å². The standard InChI is InChI=1S/C29H31F2N3O4/c1-38-24-5-7-27-26(17-24)25(8-10-32-27)28(33-37)6-4-20-9-12-34(18-21(20)15-29(35)36)11-2-3-19-13-22(30)16-23(31)14-19/h5,7-8,10,13-14,16-17,20-21,28,33,37H,4,6,9,11-12,15,18H2,1H3,(H,35,36)/t20-,21+,28-/m1/s1. The molecule has 1 aromatic heterocycles. The van der Waals surface area contributed by atoms with Crippen LogP contribution >= 0.6 is 0 Å². The number of ether oxygens (including phenoxy) is 1. The van der Waals surface area contributed by atoms with Crippen LogP contribution in [0, 0.1) is 35.3 Å². The van der Waals surface area contributed by atoms with Crippen LogP contribution in [-0.4, -0.2) is 52.9 Å². The third-order valence-electron chi connectivity index (χ3n) is 7.15. The van der Waals surface area contributed by atoms with Gasteiger partial charge in [0.05, 0.1) is 25.2 Å². The zero-order valence-electron chi connectivity index (χ0n) is 21.2. The number of likely N-dealkylation sites (tertiary alicyclic amines) is 1. The Hall–Kier alpha value is -3.58. The zero-order chi connectivity index (χ0) is 27.1. The molecule has 200 valence electrons. The molecule has 3 N–H and O–H groups in total. The number of piperidine rings is 1. The van der Waals surface area contributed by atoms with E-state index in [1.165, 1.54) is 12.1 Å². The summed E-state index contributed by atoms with van der Waals surface area (Å²) in [4.78, 5) is 18.1. The molecule has 38 heavy (non-hydrogen) atoms. The van der Waals surface area contributed by atoms with E-state index in [1.54, 1.807) is 13.3 Å². The fourth-order valence-corrected chi connectivity index (χ4v) is 5.26. The molecule has 0 aliphatic carbocycles. The number of methoxy groups -OCH3 is 1. The molecule has 1 aliphatic heterocycles. The molecule has 9 heteroatoms. The molecular formula is C29H31F2N3O4. The van der Waals surface area contributed by atoms with Gasteiger partial charge in [0.15, 0.2) is 0 Å². The van der Waals surface area contributed by atoms with Gasteiger partial charge in [-0.2, -0.15) is 5.48 Å². The van der Waals surface area contributed by atoms with Crippen LogP contribution in [0.2, 0.25) is 0 Å². The van der Waals surface area contributed by atoms with Gasteiger partial charge in [-0.25, -0.2) is 8.78 Å². The fourth-order valence-electron chi connectivity index (χ4n) is 5.26. The molecule has 3 atom stereocenters. The second kappa shape index (κ2) is 12.8. The van der Waals surface area contributed by atoms with Gasteiger partial charge in [0.2, 0.25) is 0 Å². The van der Waals surface area contributed by atoms with Crippen molar-refractivity contribution >= 4 is 16.9 Å². The number of hydroxylamine groups is 1. The van der Waals surface area contributed by atoms with E-state index in [4.69, 9.17) is 4.74 Å². The normalized spacial score (nSPS) is 18.5. The van der Waals surface area contributed by atoms with Crippen LogP contribution in [0.3, 0.4) is 0 Å². The lowest BCUT2D eigenvalue weighted by atomic mass is 9.79. The smallest absolute Gasteiger partial charge is 0.303 e. The van der Waals surface area contributed by atoms with Crippen molar-refractivity contribution in [3.05, 3.63) is 71.4 Å². The molecule has 7 nitrogen and oxygen atoms in total. The number of aromatic nitrogens is 1. The Labute approximate surface area is 220 Å². The minimum atomic E-state index is -0.854. The van der Waals surface area contributed by atoms with Crippen molar-refractivity contribution in [1.82, 2.24) is 15.4 Å². The van der Waals surface area contributed by atoms with Crippen LogP contribution in [0.15, 0.2) is 48.7 Å². The van der Waals surface area contributed by atoms with Gasteiger partial charge in [0.25, 0.3) is 0 Å². The highest BCUT2D eigenvalue weighted by molar-refractivity contribution is 5.84. The van der Waals surface area contributed by atoms with Crippen molar-refractivity contribution in [1.29, 1.82) is 0 Å². The zero-order valence-corrected chi connectivity index (χ0v) is 21.2. The lowest BCUT2D eigenvalue weighted by Crippen LogP contribution is -2.41. The maximum absolute atomic E-state index is 13.4. The number of benzene rings is 2. The maximum Gasteiger partial charge on any atom is 0.303 e. The number of nitrogens with zero attached hydrogens (tertiary/aromatic N) is 2. The number of carbonyl (C=O) groups is 1. The van der Waals surface area contributed by atoms with Gasteiger partial charge in [-0.05, 0) is 79.6 Å². The highest BCUT2D eigenvalue weighted by Gasteiger charge is 2.31. The number of halogens is 2. The third kappa shape index (κ3) is 7.04. The molecule has 0 spiro atoms. The average molecular weight is 524 g/mol.